The summed E-state index contributed by atoms with van der Waals surface area (Å²) in [7, 11) is 0. The molecular formula is C35H44N2O3. The van der Waals surface area contributed by atoms with Crippen molar-refractivity contribution in [3.05, 3.63) is 71.3 Å². The first-order valence-corrected chi connectivity index (χ1v) is 15.4. The largest absolute Gasteiger partial charge is 0.462 e. The molecule has 2 aromatic carbocycles. The number of fused-ring (bicyclic) bond motifs is 5. The summed E-state index contributed by atoms with van der Waals surface area (Å²) in [4.78, 5) is 25.4. The van der Waals surface area contributed by atoms with Crippen molar-refractivity contribution in [2.24, 2.45) is 39.6 Å². The first-order chi connectivity index (χ1) is 19.3. The monoisotopic (exact) mass is 540 g/mol. The minimum Gasteiger partial charge on any atom is -0.462 e. The number of amides is 1. The van der Waals surface area contributed by atoms with Gasteiger partial charge in [-0.05, 0) is 111 Å². The Bertz CT molecular complexity index is 1270. The molecule has 1 N–H and O–H groups in total. The highest BCUT2D eigenvalue weighted by Gasteiger charge is 2.59. The molecule has 4 aliphatic carbocycles. The molecule has 7 atom stereocenters. The normalized spacial score (nSPS) is 35.8. The van der Waals surface area contributed by atoms with E-state index in [2.05, 4.69) is 19.3 Å². The van der Waals surface area contributed by atoms with Gasteiger partial charge in [0, 0.05) is 16.7 Å². The van der Waals surface area contributed by atoms with Crippen LogP contribution in [0.1, 0.15) is 93.1 Å². The Morgan fingerprint density at radius 1 is 0.925 bits per heavy atom. The summed E-state index contributed by atoms with van der Waals surface area (Å²) >= 11 is 0. The van der Waals surface area contributed by atoms with Crippen LogP contribution in [0.15, 0.2) is 59.7 Å². The first kappa shape index (κ1) is 27.2. The summed E-state index contributed by atoms with van der Waals surface area (Å²) < 4.78 is 6.02. The SMILES string of the molecule is Cc1ccc(C(=O)NN=C2CC[C@H]3[C@@H]4CC[C@H]5C[C@@H](OC(=O)Cc6ccccc6)CC[C@]5(C)[C@H]4CC[C@]23C)cc1. The Kier molecular flexibility index (Phi) is 7.35. The quantitative estimate of drug-likeness (QED) is 0.320. The van der Waals surface area contributed by atoms with Gasteiger partial charge in [0.1, 0.15) is 6.10 Å². The molecule has 0 aromatic heterocycles. The van der Waals surface area contributed by atoms with Crippen LogP contribution in [0.5, 0.6) is 0 Å². The standard InChI is InChI=1S/C35H44N2O3/c1-23-9-11-25(12-10-23)33(39)37-36-31-16-15-29-28-14-13-26-22-27(40-32(38)21-24-7-5-4-6-8-24)17-19-34(26,2)30(28)18-20-35(29,31)3/h4-12,26-30H,13-22H2,1-3H3,(H,37,39)/t26-,27-,28-,29-,30-,34-,35-/m0/s1. The number of hydrazone groups is 1. The van der Waals surface area contributed by atoms with E-state index in [4.69, 9.17) is 9.84 Å². The molecular weight excluding hydrogens is 496 g/mol. The van der Waals surface area contributed by atoms with Gasteiger partial charge in [0.2, 0.25) is 0 Å². The van der Waals surface area contributed by atoms with Crippen LogP contribution in [-0.2, 0) is 16.0 Å². The number of benzene rings is 2. The maximum absolute atomic E-state index is 12.7. The van der Waals surface area contributed by atoms with E-state index in [0.717, 1.165) is 55.1 Å². The molecule has 0 spiro atoms. The van der Waals surface area contributed by atoms with Crippen molar-refractivity contribution in [3.63, 3.8) is 0 Å². The van der Waals surface area contributed by atoms with Crippen LogP contribution in [0.25, 0.3) is 0 Å². The lowest BCUT2D eigenvalue weighted by Gasteiger charge is -2.60. The zero-order chi connectivity index (χ0) is 27.9. The lowest BCUT2D eigenvalue weighted by molar-refractivity contribution is -0.159. The Balaban J connectivity index is 1.09. The highest BCUT2D eigenvalue weighted by molar-refractivity contribution is 5.97. The Labute approximate surface area is 239 Å². The first-order valence-electron chi connectivity index (χ1n) is 15.4. The number of carbonyl (C=O) groups is 2. The molecule has 0 aliphatic heterocycles. The molecule has 0 bridgehead atoms. The van der Waals surface area contributed by atoms with Crippen molar-refractivity contribution in [2.75, 3.05) is 0 Å². The van der Waals surface area contributed by atoms with Crippen molar-refractivity contribution < 1.29 is 14.3 Å². The topological polar surface area (TPSA) is 67.8 Å². The number of aryl methyl sites for hydroxylation is 1. The molecule has 0 radical (unpaired) electrons. The van der Waals surface area contributed by atoms with Crippen molar-refractivity contribution in [2.45, 2.75) is 91.1 Å². The van der Waals surface area contributed by atoms with Gasteiger partial charge in [-0.3, -0.25) is 9.59 Å². The minimum atomic E-state index is -0.123. The van der Waals surface area contributed by atoms with Crippen molar-refractivity contribution in [3.8, 4) is 0 Å². The van der Waals surface area contributed by atoms with Gasteiger partial charge in [0.05, 0.1) is 6.42 Å². The van der Waals surface area contributed by atoms with E-state index in [0.29, 0.717) is 29.2 Å². The van der Waals surface area contributed by atoms with E-state index in [1.54, 1.807) is 0 Å². The summed E-state index contributed by atoms with van der Waals surface area (Å²) in [6, 6.07) is 17.6. The van der Waals surface area contributed by atoms with Gasteiger partial charge in [0.15, 0.2) is 0 Å². The lowest BCUT2D eigenvalue weighted by Crippen LogP contribution is -2.54. The van der Waals surface area contributed by atoms with Crippen LogP contribution in [0, 0.1) is 41.4 Å². The summed E-state index contributed by atoms with van der Waals surface area (Å²) in [5.41, 5.74) is 7.31. The Hall–Kier alpha value is -2.95. The molecule has 0 saturated heterocycles. The summed E-state index contributed by atoms with van der Waals surface area (Å²) in [5.74, 6) is 2.51. The van der Waals surface area contributed by atoms with Gasteiger partial charge in [-0.15, -0.1) is 0 Å². The third-order valence-corrected chi connectivity index (χ3v) is 11.5. The number of carbonyl (C=O) groups excluding carboxylic acids is 2. The van der Waals surface area contributed by atoms with E-state index in [1.165, 1.54) is 31.4 Å². The van der Waals surface area contributed by atoms with Gasteiger partial charge < -0.3 is 4.74 Å². The predicted molar refractivity (Wildman–Crippen MR) is 158 cm³/mol. The molecule has 1 amide bonds. The van der Waals surface area contributed by atoms with Gasteiger partial charge in [-0.1, -0.05) is 61.9 Å². The number of nitrogens with one attached hydrogen (secondary N) is 1. The second-order valence-corrected chi connectivity index (χ2v) is 13.6. The zero-order valence-electron chi connectivity index (χ0n) is 24.3. The number of ether oxygens (including phenoxy) is 1. The van der Waals surface area contributed by atoms with Gasteiger partial charge in [0.25, 0.3) is 5.91 Å². The fraction of sp³-hybridized carbons (Fsp3) is 0.571. The second kappa shape index (κ2) is 10.8. The number of hydrogen-bond donors (Lipinski definition) is 1. The fourth-order valence-electron chi connectivity index (χ4n) is 9.18. The van der Waals surface area contributed by atoms with Gasteiger partial charge >= 0.3 is 5.97 Å². The smallest absolute Gasteiger partial charge is 0.310 e. The van der Waals surface area contributed by atoms with Gasteiger partial charge in [-0.25, -0.2) is 5.43 Å². The third-order valence-electron chi connectivity index (χ3n) is 11.5. The number of rotatable bonds is 5. The average molecular weight is 541 g/mol. The molecule has 40 heavy (non-hydrogen) atoms. The predicted octanol–water partition coefficient (Wildman–Crippen LogP) is 7.28. The molecule has 6 rings (SSSR count). The van der Waals surface area contributed by atoms with Gasteiger partial charge in [-0.2, -0.15) is 5.10 Å². The average Bonchev–Trinajstić information content (AvgIpc) is 3.29. The molecule has 0 unspecified atom stereocenters. The number of nitrogens with zero attached hydrogens (tertiary/aromatic N) is 1. The molecule has 212 valence electrons. The van der Waals surface area contributed by atoms with Crippen molar-refractivity contribution >= 4 is 17.6 Å². The number of hydrogen-bond acceptors (Lipinski definition) is 4. The van der Waals surface area contributed by atoms with Crippen LogP contribution in [0.3, 0.4) is 0 Å². The molecule has 5 nitrogen and oxygen atoms in total. The highest BCUT2D eigenvalue weighted by Crippen LogP contribution is 2.65. The number of esters is 1. The fourth-order valence-corrected chi connectivity index (χ4v) is 9.18. The van der Waals surface area contributed by atoms with E-state index < -0.39 is 0 Å². The zero-order valence-corrected chi connectivity index (χ0v) is 24.3. The van der Waals surface area contributed by atoms with Crippen LogP contribution >= 0.6 is 0 Å². The van der Waals surface area contributed by atoms with Crippen molar-refractivity contribution in [1.82, 2.24) is 5.43 Å². The lowest BCUT2D eigenvalue weighted by atomic mass is 9.45. The van der Waals surface area contributed by atoms with Crippen LogP contribution in [-0.4, -0.2) is 23.7 Å². The molecule has 0 heterocycles. The second-order valence-electron chi connectivity index (χ2n) is 13.6. The molecule has 4 saturated carbocycles. The maximum atomic E-state index is 12.7. The summed E-state index contributed by atoms with van der Waals surface area (Å²) in [6.45, 7) is 6.99. The highest BCUT2D eigenvalue weighted by atomic mass is 16.5. The van der Waals surface area contributed by atoms with E-state index in [9.17, 15) is 9.59 Å². The van der Waals surface area contributed by atoms with E-state index in [1.807, 2.05) is 61.5 Å². The molecule has 4 fully saturated rings. The maximum Gasteiger partial charge on any atom is 0.310 e. The molecule has 5 heteroatoms. The molecule has 4 aliphatic rings. The summed E-state index contributed by atoms with van der Waals surface area (Å²) in [6.07, 6.45) is 10.6. The van der Waals surface area contributed by atoms with Crippen LogP contribution in [0.4, 0.5) is 0 Å². The molecule has 2 aromatic rings. The van der Waals surface area contributed by atoms with E-state index >= 15 is 0 Å². The third kappa shape index (κ3) is 5.01. The Morgan fingerprint density at radius 2 is 1.70 bits per heavy atom. The van der Waals surface area contributed by atoms with E-state index in [-0.39, 0.29) is 23.4 Å². The summed E-state index contributed by atoms with van der Waals surface area (Å²) in [5, 5.41) is 4.75. The van der Waals surface area contributed by atoms with Crippen molar-refractivity contribution in [1.29, 1.82) is 0 Å². The minimum absolute atomic E-state index is 0.0575. The Morgan fingerprint density at radius 3 is 2.48 bits per heavy atom. The van der Waals surface area contributed by atoms with Crippen LogP contribution < -0.4 is 5.43 Å². The van der Waals surface area contributed by atoms with Crippen LogP contribution in [0.2, 0.25) is 0 Å².